The predicted molar refractivity (Wildman–Crippen MR) is 98.9 cm³/mol. The van der Waals surface area contributed by atoms with Gasteiger partial charge in [-0.05, 0) is 30.7 Å². The maximum Gasteiger partial charge on any atom is 0.310 e. The van der Waals surface area contributed by atoms with Gasteiger partial charge in [-0.25, -0.2) is 0 Å². The van der Waals surface area contributed by atoms with Crippen LogP contribution in [0.2, 0.25) is 0 Å². The zero-order chi connectivity index (χ0) is 18.4. The summed E-state index contributed by atoms with van der Waals surface area (Å²) in [5.74, 6) is 0.116. The number of hydrogen-bond donors (Lipinski definition) is 1. The molecule has 3 rings (SSSR count). The van der Waals surface area contributed by atoms with Gasteiger partial charge in [0.15, 0.2) is 0 Å². The van der Waals surface area contributed by atoms with E-state index in [0.29, 0.717) is 23.6 Å². The fraction of sp³-hybridized carbons (Fsp3) is 0.143. The molecule has 1 heterocycles. The van der Waals surface area contributed by atoms with Crippen molar-refractivity contribution in [1.82, 2.24) is 0 Å². The van der Waals surface area contributed by atoms with Gasteiger partial charge in [0.05, 0.1) is 18.6 Å². The molecule has 0 saturated carbocycles. The molecule has 2 aromatic carbocycles. The lowest BCUT2D eigenvalue weighted by Crippen LogP contribution is -2.11. The van der Waals surface area contributed by atoms with Crippen molar-refractivity contribution in [3.05, 3.63) is 78.1 Å². The van der Waals surface area contributed by atoms with Crippen LogP contribution in [-0.2, 0) is 16.0 Å². The number of carbonyl (C=O) groups is 2. The number of anilines is 1. The van der Waals surface area contributed by atoms with Gasteiger partial charge in [-0.2, -0.15) is 0 Å². The molecule has 0 unspecified atom stereocenters. The van der Waals surface area contributed by atoms with Gasteiger partial charge in [0.1, 0.15) is 12.0 Å². The molecule has 26 heavy (non-hydrogen) atoms. The molecule has 1 aromatic heterocycles. The summed E-state index contributed by atoms with van der Waals surface area (Å²) >= 11 is 0. The largest absolute Gasteiger partial charge is 0.466 e. The van der Waals surface area contributed by atoms with E-state index >= 15 is 0 Å². The number of esters is 1. The molecule has 0 spiro atoms. The number of furan rings is 1. The Kier molecular flexibility index (Phi) is 5.49. The highest BCUT2D eigenvalue weighted by Gasteiger charge is 2.12. The molecular weight excluding hydrogens is 330 g/mol. The summed E-state index contributed by atoms with van der Waals surface area (Å²) in [6.07, 6.45) is 1.65. The van der Waals surface area contributed by atoms with Gasteiger partial charge in [0, 0.05) is 11.3 Å². The van der Waals surface area contributed by atoms with Crippen LogP contribution in [0.4, 0.5) is 5.69 Å². The standard InChI is InChI=1S/C21H19NO4/c1-2-25-20(23)12-15-8-10-18(11-9-15)22-21(24)17-13-19(26-14-17)16-6-4-3-5-7-16/h3-11,13-14H,2,12H2,1H3,(H,22,24). The van der Waals surface area contributed by atoms with Crippen LogP contribution in [0.1, 0.15) is 22.8 Å². The second-order valence-corrected chi connectivity index (χ2v) is 5.70. The van der Waals surface area contributed by atoms with Gasteiger partial charge < -0.3 is 14.5 Å². The second-order valence-electron chi connectivity index (χ2n) is 5.70. The molecule has 5 nitrogen and oxygen atoms in total. The summed E-state index contributed by atoms with van der Waals surface area (Å²) in [5.41, 5.74) is 2.83. The summed E-state index contributed by atoms with van der Waals surface area (Å²) in [7, 11) is 0. The molecule has 0 fully saturated rings. The van der Waals surface area contributed by atoms with Crippen molar-refractivity contribution in [3.8, 4) is 11.3 Å². The Morgan fingerprint density at radius 3 is 2.46 bits per heavy atom. The Bertz CT molecular complexity index is 882. The predicted octanol–water partition coefficient (Wildman–Crippen LogP) is 4.30. The van der Waals surface area contributed by atoms with E-state index in [9.17, 15) is 9.59 Å². The number of hydrogen-bond acceptors (Lipinski definition) is 4. The third-order valence-corrected chi connectivity index (χ3v) is 3.79. The van der Waals surface area contributed by atoms with Crippen LogP contribution in [0.25, 0.3) is 11.3 Å². The molecule has 1 amide bonds. The minimum absolute atomic E-state index is 0.213. The van der Waals surface area contributed by atoms with Crippen LogP contribution in [0, 0.1) is 0 Å². The van der Waals surface area contributed by atoms with Crippen molar-refractivity contribution >= 4 is 17.6 Å². The zero-order valence-electron chi connectivity index (χ0n) is 14.4. The highest BCUT2D eigenvalue weighted by molar-refractivity contribution is 6.04. The summed E-state index contributed by atoms with van der Waals surface area (Å²) in [6.45, 7) is 2.14. The van der Waals surface area contributed by atoms with Crippen LogP contribution in [-0.4, -0.2) is 18.5 Å². The first-order valence-electron chi connectivity index (χ1n) is 8.35. The number of carbonyl (C=O) groups excluding carboxylic acids is 2. The Hall–Kier alpha value is -3.34. The molecule has 0 radical (unpaired) electrons. The Morgan fingerprint density at radius 2 is 1.77 bits per heavy atom. The maximum absolute atomic E-state index is 12.4. The molecule has 0 atom stereocenters. The number of ether oxygens (including phenoxy) is 1. The van der Waals surface area contributed by atoms with E-state index in [1.54, 1.807) is 37.3 Å². The van der Waals surface area contributed by atoms with Crippen molar-refractivity contribution in [2.45, 2.75) is 13.3 Å². The Labute approximate surface area is 151 Å². The van der Waals surface area contributed by atoms with E-state index in [0.717, 1.165) is 11.1 Å². The van der Waals surface area contributed by atoms with Crippen molar-refractivity contribution in [1.29, 1.82) is 0 Å². The van der Waals surface area contributed by atoms with Gasteiger partial charge in [-0.15, -0.1) is 0 Å². The van der Waals surface area contributed by atoms with Gasteiger partial charge in [0.2, 0.25) is 0 Å². The van der Waals surface area contributed by atoms with E-state index in [4.69, 9.17) is 9.15 Å². The van der Waals surface area contributed by atoms with E-state index in [2.05, 4.69) is 5.32 Å². The van der Waals surface area contributed by atoms with Crippen LogP contribution < -0.4 is 5.32 Å². The highest BCUT2D eigenvalue weighted by Crippen LogP contribution is 2.22. The lowest BCUT2D eigenvalue weighted by molar-refractivity contribution is -0.142. The Morgan fingerprint density at radius 1 is 1.04 bits per heavy atom. The van der Waals surface area contributed by atoms with Crippen LogP contribution in [0.15, 0.2) is 71.3 Å². The minimum Gasteiger partial charge on any atom is -0.466 e. The summed E-state index contributed by atoms with van der Waals surface area (Å²) in [6, 6.07) is 18.4. The Balaban J connectivity index is 1.63. The van der Waals surface area contributed by atoms with E-state index < -0.39 is 0 Å². The van der Waals surface area contributed by atoms with Crippen LogP contribution in [0.5, 0.6) is 0 Å². The molecule has 0 bridgehead atoms. The molecular formula is C21H19NO4. The number of nitrogens with one attached hydrogen (secondary N) is 1. The van der Waals surface area contributed by atoms with Crippen molar-refractivity contribution < 1.29 is 18.7 Å². The number of rotatable bonds is 6. The molecule has 3 aromatic rings. The summed E-state index contributed by atoms with van der Waals surface area (Å²) in [5, 5.41) is 2.81. The SMILES string of the molecule is CCOC(=O)Cc1ccc(NC(=O)c2coc(-c3ccccc3)c2)cc1. The first kappa shape index (κ1) is 17.5. The summed E-state index contributed by atoms with van der Waals surface area (Å²) in [4.78, 5) is 23.8. The summed E-state index contributed by atoms with van der Waals surface area (Å²) < 4.78 is 10.4. The smallest absolute Gasteiger partial charge is 0.310 e. The molecule has 0 aliphatic carbocycles. The molecule has 0 saturated heterocycles. The van der Waals surface area contributed by atoms with Crippen molar-refractivity contribution in [2.75, 3.05) is 11.9 Å². The lowest BCUT2D eigenvalue weighted by atomic mass is 10.1. The van der Waals surface area contributed by atoms with Gasteiger partial charge >= 0.3 is 5.97 Å². The molecule has 1 N–H and O–H groups in total. The maximum atomic E-state index is 12.4. The zero-order valence-corrected chi connectivity index (χ0v) is 14.4. The quantitative estimate of drug-likeness (QED) is 0.674. The fourth-order valence-corrected chi connectivity index (χ4v) is 2.50. The molecule has 0 aliphatic rings. The van der Waals surface area contributed by atoms with Crippen molar-refractivity contribution in [3.63, 3.8) is 0 Å². The van der Waals surface area contributed by atoms with Crippen LogP contribution >= 0.6 is 0 Å². The average Bonchev–Trinajstić information content (AvgIpc) is 3.15. The molecule has 0 aliphatic heterocycles. The van der Waals surface area contributed by atoms with E-state index in [-0.39, 0.29) is 18.3 Å². The normalized spacial score (nSPS) is 10.3. The number of benzene rings is 2. The average molecular weight is 349 g/mol. The third-order valence-electron chi connectivity index (χ3n) is 3.79. The topological polar surface area (TPSA) is 68.5 Å². The second kappa shape index (κ2) is 8.16. The monoisotopic (exact) mass is 349 g/mol. The van der Waals surface area contributed by atoms with E-state index in [1.165, 1.54) is 6.26 Å². The fourth-order valence-electron chi connectivity index (χ4n) is 2.50. The minimum atomic E-state index is -0.267. The van der Waals surface area contributed by atoms with Crippen molar-refractivity contribution in [2.24, 2.45) is 0 Å². The highest BCUT2D eigenvalue weighted by atomic mass is 16.5. The first-order chi connectivity index (χ1) is 12.7. The lowest BCUT2D eigenvalue weighted by Gasteiger charge is -2.05. The molecule has 132 valence electrons. The van der Waals surface area contributed by atoms with Gasteiger partial charge in [-0.3, -0.25) is 9.59 Å². The van der Waals surface area contributed by atoms with Gasteiger partial charge in [-0.1, -0.05) is 42.5 Å². The third kappa shape index (κ3) is 4.39. The van der Waals surface area contributed by atoms with Crippen LogP contribution in [0.3, 0.4) is 0 Å². The van der Waals surface area contributed by atoms with E-state index in [1.807, 2.05) is 30.3 Å². The van der Waals surface area contributed by atoms with Gasteiger partial charge in [0.25, 0.3) is 5.91 Å². The molecule has 5 heteroatoms. The number of amides is 1. The first-order valence-corrected chi connectivity index (χ1v) is 8.35.